The van der Waals surface area contributed by atoms with Gasteiger partial charge in [0.25, 0.3) is 0 Å². The van der Waals surface area contributed by atoms with Gasteiger partial charge in [0, 0.05) is 35.4 Å². The van der Waals surface area contributed by atoms with Crippen LogP contribution in [-0.4, -0.2) is 40.3 Å². The van der Waals surface area contributed by atoms with E-state index in [1.165, 1.54) is 0 Å². The lowest BCUT2D eigenvalue weighted by Gasteiger charge is -2.35. The van der Waals surface area contributed by atoms with Crippen LogP contribution in [0.25, 0.3) is 0 Å². The molecule has 5 rings (SSSR count). The standard InChI is InChI=1S/C24H25NO6/c1-27-20-9-13(10-21(28-2)24(20)29-3)22-14-11-18-19(31-8-7-30-18)12-16(14)25-15-5-4-6-17(26)23(15)22/h9-12,22,25H,4-8H2,1-3H3. The van der Waals surface area contributed by atoms with E-state index in [0.29, 0.717) is 48.4 Å². The molecule has 1 N–H and O–H groups in total. The summed E-state index contributed by atoms with van der Waals surface area (Å²) in [6, 6.07) is 7.79. The van der Waals surface area contributed by atoms with Crippen LogP contribution in [0.15, 0.2) is 35.5 Å². The maximum atomic E-state index is 13.1. The number of benzene rings is 2. The summed E-state index contributed by atoms with van der Waals surface area (Å²) in [5, 5.41) is 3.49. The van der Waals surface area contributed by atoms with Crippen molar-refractivity contribution in [1.29, 1.82) is 0 Å². The van der Waals surface area contributed by atoms with Gasteiger partial charge in [-0.2, -0.15) is 0 Å². The van der Waals surface area contributed by atoms with E-state index in [0.717, 1.165) is 40.9 Å². The number of allylic oxidation sites excluding steroid dienone is 2. The van der Waals surface area contributed by atoms with Gasteiger partial charge in [0.1, 0.15) is 13.2 Å². The Balaban J connectivity index is 1.74. The van der Waals surface area contributed by atoms with Crippen LogP contribution in [0.1, 0.15) is 36.3 Å². The van der Waals surface area contributed by atoms with Gasteiger partial charge >= 0.3 is 0 Å². The van der Waals surface area contributed by atoms with Crippen molar-refractivity contribution in [3.05, 3.63) is 46.7 Å². The Morgan fingerprint density at radius 3 is 2.23 bits per heavy atom. The monoisotopic (exact) mass is 423 g/mol. The second-order valence-corrected chi connectivity index (χ2v) is 7.77. The normalized spacial score (nSPS) is 19.2. The maximum Gasteiger partial charge on any atom is 0.203 e. The second kappa shape index (κ2) is 7.72. The first kappa shape index (κ1) is 19.6. The van der Waals surface area contributed by atoms with Gasteiger partial charge in [0.2, 0.25) is 5.75 Å². The Morgan fingerprint density at radius 1 is 0.903 bits per heavy atom. The molecule has 0 radical (unpaired) electrons. The van der Waals surface area contributed by atoms with Gasteiger partial charge in [-0.3, -0.25) is 4.79 Å². The number of carbonyl (C=O) groups excluding carboxylic acids is 1. The molecule has 2 aliphatic heterocycles. The van der Waals surface area contributed by atoms with Crippen molar-refractivity contribution in [1.82, 2.24) is 0 Å². The average molecular weight is 423 g/mol. The highest BCUT2D eigenvalue weighted by atomic mass is 16.6. The lowest BCUT2D eigenvalue weighted by atomic mass is 9.75. The number of ether oxygens (including phenoxy) is 5. The zero-order chi connectivity index (χ0) is 21.5. The summed E-state index contributed by atoms with van der Waals surface area (Å²) in [4.78, 5) is 13.1. The van der Waals surface area contributed by atoms with E-state index in [2.05, 4.69) is 5.32 Å². The third-order valence-corrected chi connectivity index (χ3v) is 6.08. The molecular weight excluding hydrogens is 398 g/mol. The van der Waals surface area contributed by atoms with Crippen LogP contribution in [0.4, 0.5) is 5.69 Å². The van der Waals surface area contributed by atoms with Crippen molar-refractivity contribution >= 4 is 11.5 Å². The Bertz CT molecular complexity index is 1060. The van der Waals surface area contributed by atoms with E-state index >= 15 is 0 Å². The lowest BCUT2D eigenvalue weighted by molar-refractivity contribution is -0.116. The van der Waals surface area contributed by atoms with Gasteiger partial charge in [-0.15, -0.1) is 0 Å². The van der Waals surface area contributed by atoms with Crippen LogP contribution in [0.2, 0.25) is 0 Å². The van der Waals surface area contributed by atoms with Crippen LogP contribution in [0, 0.1) is 0 Å². The minimum Gasteiger partial charge on any atom is -0.493 e. The summed E-state index contributed by atoms with van der Waals surface area (Å²) in [5.74, 6) is 2.93. The van der Waals surface area contributed by atoms with Gasteiger partial charge in [-0.05, 0) is 42.2 Å². The predicted octanol–water partition coefficient (Wildman–Crippen LogP) is 4.05. The van der Waals surface area contributed by atoms with Crippen molar-refractivity contribution < 1.29 is 28.5 Å². The zero-order valence-electron chi connectivity index (χ0n) is 17.9. The van der Waals surface area contributed by atoms with Gasteiger partial charge in [0.15, 0.2) is 28.8 Å². The van der Waals surface area contributed by atoms with Crippen molar-refractivity contribution in [3.63, 3.8) is 0 Å². The van der Waals surface area contributed by atoms with Crippen molar-refractivity contribution in [2.45, 2.75) is 25.2 Å². The molecule has 0 fully saturated rings. The first-order valence-electron chi connectivity index (χ1n) is 10.4. The molecule has 7 heteroatoms. The third-order valence-electron chi connectivity index (χ3n) is 6.08. The number of hydrogen-bond acceptors (Lipinski definition) is 7. The van der Waals surface area contributed by atoms with Crippen molar-refractivity contribution in [3.8, 4) is 28.7 Å². The molecule has 0 bridgehead atoms. The summed E-state index contributed by atoms with van der Waals surface area (Å²) < 4.78 is 28.3. The molecule has 2 aromatic rings. The number of Topliss-reactive ketones (excluding diaryl/α,β-unsaturated/α-hetero) is 1. The largest absolute Gasteiger partial charge is 0.493 e. The molecule has 0 saturated carbocycles. The van der Waals surface area contributed by atoms with Crippen LogP contribution in [0.5, 0.6) is 28.7 Å². The van der Waals surface area contributed by atoms with Crippen LogP contribution < -0.4 is 29.0 Å². The van der Waals surface area contributed by atoms with Crippen molar-refractivity contribution in [2.75, 3.05) is 39.9 Å². The van der Waals surface area contributed by atoms with Crippen molar-refractivity contribution in [2.24, 2.45) is 0 Å². The van der Waals surface area contributed by atoms with E-state index in [1.807, 2.05) is 24.3 Å². The molecule has 3 aliphatic rings. The molecule has 0 amide bonds. The fourth-order valence-corrected chi connectivity index (χ4v) is 4.71. The molecule has 0 spiro atoms. The fraction of sp³-hybridized carbons (Fsp3) is 0.375. The SMILES string of the molecule is COc1cc(C2C3=C(CCCC3=O)Nc3cc4c(cc32)OCCO4)cc(OC)c1OC. The number of ketones is 1. The highest BCUT2D eigenvalue weighted by Crippen LogP contribution is 2.51. The molecule has 1 unspecified atom stereocenters. The minimum absolute atomic E-state index is 0.160. The van der Waals surface area contributed by atoms with Crippen LogP contribution >= 0.6 is 0 Å². The number of hydrogen-bond donors (Lipinski definition) is 1. The maximum absolute atomic E-state index is 13.1. The Labute approximate surface area is 180 Å². The number of fused-ring (bicyclic) bond motifs is 2. The van der Waals surface area contributed by atoms with E-state index in [1.54, 1.807) is 21.3 Å². The topological polar surface area (TPSA) is 75.3 Å². The summed E-state index contributed by atoms with van der Waals surface area (Å²) in [5.41, 5.74) is 4.56. The highest BCUT2D eigenvalue weighted by Gasteiger charge is 2.37. The molecule has 2 heterocycles. The first-order valence-corrected chi connectivity index (χ1v) is 10.4. The molecule has 31 heavy (non-hydrogen) atoms. The molecule has 2 aromatic carbocycles. The van der Waals surface area contributed by atoms with E-state index in [-0.39, 0.29) is 11.7 Å². The molecule has 0 saturated heterocycles. The molecule has 162 valence electrons. The minimum atomic E-state index is -0.274. The van der Waals surface area contributed by atoms with Crippen LogP contribution in [0.3, 0.4) is 0 Å². The third kappa shape index (κ3) is 3.15. The molecule has 0 aromatic heterocycles. The molecule has 1 aliphatic carbocycles. The molecule has 1 atom stereocenters. The molecule has 7 nitrogen and oxygen atoms in total. The fourth-order valence-electron chi connectivity index (χ4n) is 4.71. The summed E-state index contributed by atoms with van der Waals surface area (Å²) in [7, 11) is 4.76. The smallest absolute Gasteiger partial charge is 0.203 e. The number of carbonyl (C=O) groups is 1. The van der Waals surface area contributed by atoms with E-state index in [4.69, 9.17) is 23.7 Å². The summed E-state index contributed by atoms with van der Waals surface area (Å²) in [6.45, 7) is 1.02. The average Bonchev–Trinajstić information content (AvgIpc) is 2.80. The van der Waals surface area contributed by atoms with E-state index < -0.39 is 0 Å². The molecular formula is C24H25NO6. The van der Waals surface area contributed by atoms with Gasteiger partial charge in [-0.1, -0.05) is 0 Å². The van der Waals surface area contributed by atoms with E-state index in [9.17, 15) is 4.79 Å². The number of anilines is 1. The Morgan fingerprint density at radius 2 is 1.58 bits per heavy atom. The van der Waals surface area contributed by atoms with Gasteiger partial charge in [0.05, 0.1) is 21.3 Å². The Kier molecular flexibility index (Phi) is 4.88. The summed E-state index contributed by atoms with van der Waals surface area (Å²) in [6.07, 6.45) is 2.21. The summed E-state index contributed by atoms with van der Waals surface area (Å²) >= 11 is 0. The highest BCUT2D eigenvalue weighted by molar-refractivity contribution is 6.01. The quantitative estimate of drug-likeness (QED) is 0.795. The zero-order valence-corrected chi connectivity index (χ0v) is 17.9. The second-order valence-electron chi connectivity index (χ2n) is 7.77. The number of rotatable bonds is 4. The number of methoxy groups -OCH3 is 3. The van der Waals surface area contributed by atoms with Gasteiger partial charge < -0.3 is 29.0 Å². The number of nitrogens with one attached hydrogen (secondary N) is 1. The van der Waals surface area contributed by atoms with Crippen LogP contribution in [-0.2, 0) is 4.79 Å². The van der Waals surface area contributed by atoms with Gasteiger partial charge in [-0.25, -0.2) is 0 Å². The Hall–Kier alpha value is -3.35. The first-order chi connectivity index (χ1) is 15.1. The predicted molar refractivity (Wildman–Crippen MR) is 115 cm³/mol. The lowest BCUT2D eigenvalue weighted by Crippen LogP contribution is -2.27.